The van der Waals surface area contributed by atoms with Crippen LogP contribution in [0.25, 0.3) is 0 Å². The number of amides is 1. The zero-order chi connectivity index (χ0) is 18.1. The molecule has 0 unspecified atom stereocenters. The molecule has 0 saturated carbocycles. The summed E-state index contributed by atoms with van der Waals surface area (Å²) < 4.78 is 2.02. The number of carbonyl (C=O) groups excluding carboxylic acids is 1. The highest BCUT2D eigenvalue weighted by atomic mass is 32.1. The predicted molar refractivity (Wildman–Crippen MR) is 105 cm³/mol. The molecule has 4 nitrogen and oxygen atoms in total. The highest BCUT2D eigenvalue weighted by molar-refractivity contribution is 7.14. The lowest BCUT2D eigenvalue weighted by Gasteiger charge is -2.07. The van der Waals surface area contributed by atoms with Gasteiger partial charge in [-0.15, -0.1) is 11.3 Å². The van der Waals surface area contributed by atoms with Crippen molar-refractivity contribution in [1.29, 1.82) is 0 Å². The Morgan fingerprint density at radius 2 is 2.04 bits per heavy atom. The number of nitrogens with one attached hydrogen (secondary N) is 1. The molecule has 1 N–H and O–H groups in total. The lowest BCUT2D eigenvalue weighted by Crippen LogP contribution is -2.22. The fourth-order valence-corrected chi connectivity index (χ4v) is 4.77. The number of fused-ring (bicyclic) bond motifs is 1. The summed E-state index contributed by atoms with van der Waals surface area (Å²) >= 11 is 1.65. The van der Waals surface area contributed by atoms with Gasteiger partial charge in [0.15, 0.2) is 0 Å². The third-order valence-corrected chi connectivity index (χ3v) is 6.34. The van der Waals surface area contributed by atoms with Crippen molar-refractivity contribution in [1.82, 2.24) is 15.1 Å². The summed E-state index contributed by atoms with van der Waals surface area (Å²) in [4.78, 5) is 14.7. The summed E-state index contributed by atoms with van der Waals surface area (Å²) in [5.74, 6) is 0.0269. The maximum atomic E-state index is 12.5. The number of hydrogen-bond acceptors (Lipinski definition) is 3. The maximum absolute atomic E-state index is 12.5. The molecule has 0 spiro atoms. The standard InChI is InChI=1S/C21H23N3OS/c1-14-18(15(2)24(23-14)13-16-7-4-3-5-8-16)12-22-21(25)20-11-17-9-6-10-19(17)26-20/h3-5,7-8,11H,6,9-10,12-13H2,1-2H3,(H,22,25). The van der Waals surface area contributed by atoms with Crippen molar-refractivity contribution >= 4 is 17.2 Å². The fraction of sp³-hybridized carbons (Fsp3) is 0.333. The Labute approximate surface area is 157 Å². The van der Waals surface area contributed by atoms with E-state index in [0.717, 1.165) is 41.2 Å². The number of aryl methyl sites for hydroxylation is 3. The number of carbonyl (C=O) groups is 1. The van der Waals surface area contributed by atoms with E-state index in [0.29, 0.717) is 6.54 Å². The van der Waals surface area contributed by atoms with Crippen molar-refractivity contribution in [3.63, 3.8) is 0 Å². The largest absolute Gasteiger partial charge is 0.347 e. The first-order valence-electron chi connectivity index (χ1n) is 9.08. The normalized spacial score (nSPS) is 13.0. The summed E-state index contributed by atoms with van der Waals surface area (Å²) in [7, 11) is 0. The van der Waals surface area contributed by atoms with Gasteiger partial charge in [-0.2, -0.15) is 5.10 Å². The molecule has 5 heteroatoms. The van der Waals surface area contributed by atoms with Crippen LogP contribution in [0.2, 0.25) is 0 Å². The van der Waals surface area contributed by atoms with Gasteiger partial charge in [0.1, 0.15) is 0 Å². The van der Waals surface area contributed by atoms with Gasteiger partial charge in [-0.05, 0) is 50.3 Å². The first kappa shape index (κ1) is 17.0. The van der Waals surface area contributed by atoms with E-state index in [1.807, 2.05) is 29.8 Å². The van der Waals surface area contributed by atoms with E-state index >= 15 is 0 Å². The number of thiophene rings is 1. The van der Waals surface area contributed by atoms with E-state index in [1.54, 1.807) is 11.3 Å². The van der Waals surface area contributed by atoms with Gasteiger partial charge >= 0.3 is 0 Å². The van der Waals surface area contributed by atoms with E-state index in [-0.39, 0.29) is 5.91 Å². The Morgan fingerprint density at radius 1 is 1.23 bits per heavy atom. The predicted octanol–water partition coefficient (Wildman–Crippen LogP) is 4.03. The number of benzene rings is 1. The number of rotatable bonds is 5. The van der Waals surface area contributed by atoms with Gasteiger partial charge in [-0.3, -0.25) is 9.48 Å². The summed E-state index contributed by atoms with van der Waals surface area (Å²) in [5.41, 5.74) is 5.79. The van der Waals surface area contributed by atoms with E-state index in [2.05, 4.69) is 35.5 Å². The highest BCUT2D eigenvalue weighted by Gasteiger charge is 2.19. The van der Waals surface area contributed by atoms with Crippen molar-refractivity contribution in [2.75, 3.05) is 0 Å². The number of aromatic nitrogens is 2. The monoisotopic (exact) mass is 365 g/mol. The van der Waals surface area contributed by atoms with Gasteiger partial charge in [0.25, 0.3) is 5.91 Å². The molecule has 1 aliphatic rings. The molecule has 0 bridgehead atoms. The number of hydrogen-bond donors (Lipinski definition) is 1. The SMILES string of the molecule is Cc1nn(Cc2ccccc2)c(C)c1CNC(=O)c1cc2c(s1)CCC2. The van der Waals surface area contributed by atoms with Crippen LogP contribution in [0.15, 0.2) is 36.4 Å². The lowest BCUT2D eigenvalue weighted by molar-refractivity contribution is 0.0955. The fourth-order valence-electron chi connectivity index (χ4n) is 3.60. The van der Waals surface area contributed by atoms with Crippen LogP contribution in [0.5, 0.6) is 0 Å². The Hall–Kier alpha value is -2.40. The highest BCUT2D eigenvalue weighted by Crippen LogP contribution is 2.30. The lowest BCUT2D eigenvalue weighted by atomic mass is 10.2. The van der Waals surface area contributed by atoms with Crippen molar-refractivity contribution in [2.45, 2.75) is 46.2 Å². The zero-order valence-corrected chi connectivity index (χ0v) is 16.0. The second kappa shape index (κ2) is 7.08. The second-order valence-electron chi connectivity index (χ2n) is 6.89. The van der Waals surface area contributed by atoms with Gasteiger partial charge < -0.3 is 5.32 Å². The van der Waals surface area contributed by atoms with Gasteiger partial charge in [-0.25, -0.2) is 0 Å². The molecule has 0 atom stereocenters. The molecule has 2 aromatic heterocycles. The summed E-state index contributed by atoms with van der Waals surface area (Å²) in [5, 5.41) is 7.75. The summed E-state index contributed by atoms with van der Waals surface area (Å²) in [6, 6.07) is 12.4. The van der Waals surface area contributed by atoms with Crippen LogP contribution < -0.4 is 5.32 Å². The third-order valence-electron chi connectivity index (χ3n) is 5.10. The molecule has 2 heterocycles. The van der Waals surface area contributed by atoms with E-state index < -0.39 is 0 Å². The molecule has 4 rings (SSSR count). The Morgan fingerprint density at radius 3 is 2.81 bits per heavy atom. The van der Waals surface area contributed by atoms with Gasteiger partial charge in [-0.1, -0.05) is 30.3 Å². The Kier molecular flexibility index (Phi) is 4.64. The molecule has 3 aromatic rings. The summed E-state index contributed by atoms with van der Waals surface area (Å²) in [6.07, 6.45) is 3.46. The van der Waals surface area contributed by atoms with Gasteiger partial charge in [0.05, 0.1) is 17.1 Å². The maximum Gasteiger partial charge on any atom is 0.261 e. The molecule has 26 heavy (non-hydrogen) atoms. The molecular weight excluding hydrogens is 342 g/mol. The third kappa shape index (κ3) is 3.31. The minimum atomic E-state index is 0.0269. The molecule has 1 aliphatic carbocycles. The first-order valence-corrected chi connectivity index (χ1v) is 9.90. The van der Waals surface area contributed by atoms with Crippen LogP contribution in [0.1, 0.15) is 49.0 Å². The summed E-state index contributed by atoms with van der Waals surface area (Å²) in [6.45, 7) is 5.35. The molecular formula is C21H23N3OS. The van der Waals surface area contributed by atoms with Gasteiger partial charge in [0.2, 0.25) is 0 Å². The molecule has 0 radical (unpaired) electrons. The van der Waals surface area contributed by atoms with Crippen LogP contribution in [0, 0.1) is 13.8 Å². The van der Waals surface area contributed by atoms with Crippen molar-refractivity contribution in [2.24, 2.45) is 0 Å². The van der Waals surface area contributed by atoms with Crippen LogP contribution in [-0.2, 0) is 25.9 Å². The molecule has 1 amide bonds. The molecule has 134 valence electrons. The molecule has 1 aromatic carbocycles. The van der Waals surface area contributed by atoms with Crippen LogP contribution in [0.3, 0.4) is 0 Å². The van der Waals surface area contributed by atoms with E-state index in [4.69, 9.17) is 0 Å². The minimum Gasteiger partial charge on any atom is -0.347 e. The van der Waals surface area contributed by atoms with Crippen molar-refractivity contribution in [3.05, 3.63) is 74.2 Å². The van der Waals surface area contributed by atoms with Crippen molar-refractivity contribution in [3.8, 4) is 0 Å². The minimum absolute atomic E-state index is 0.0269. The zero-order valence-electron chi connectivity index (χ0n) is 15.2. The van der Waals surface area contributed by atoms with E-state index in [9.17, 15) is 4.79 Å². The van der Waals surface area contributed by atoms with E-state index in [1.165, 1.54) is 22.4 Å². The first-order chi connectivity index (χ1) is 12.6. The topological polar surface area (TPSA) is 46.9 Å². The molecule has 0 aliphatic heterocycles. The van der Waals surface area contributed by atoms with Crippen LogP contribution >= 0.6 is 11.3 Å². The van der Waals surface area contributed by atoms with Gasteiger partial charge in [0, 0.05) is 22.7 Å². The van der Waals surface area contributed by atoms with Crippen molar-refractivity contribution < 1.29 is 4.79 Å². The average Bonchev–Trinajstić information content (AvgIpc) is 3.29. The molecule has 0 fully saturated rings. The second-order valence-corrected chi connectivity index (χ2v) is 8.02. The quantitative estimate of drug-likeness (QED) is 0.742. The number of nitrogens with zero attached hydrogens (tertiary/aromatic N) is 2. The van der Waals surface area contributed by atoms with Crippen LogP contribution in [-0.4, -0.2) is 15.7 Å². The van der Waals surface area contributed by atoms with Crippen LogP contribution in [0.4, 0.5) is 0 Å². The smallest absolute Gasteiger partial charge is 0.261 e. The Balaban J connectivity index is 1.45. The Bertz CT molecular complexity index is 918. The molecule has 0 saturated heterocycles. The average molecular weight is 366 g/mol.